The molecule has 2 rings (SSSR count). The first kappa shape index (κ1) is 19.5. The predicted octanol–water partition coefficient (Wildman–Crippen LogP) is 4.33. The molecule has 0 saturated carbocycles. The number of nitrogens with one attached hydrogen (secondary N) is 2. The van der Waals surface area contributed by atoms with Gasteiger partial charge in [0.15, 0.2) is 5.11 Å². The Morgan fingerprint density at radius 3 is 2.27 bits per heavy atom. The van der Waals surface area contributed by atoms with E-state index in [2.05, 4.69) is 31.4 Å². The van der Waals surface area contributed by atoms with E-state index >= 15 is 0 Å². The number of hydrogen-bond donors (Lipinski definition) is 2. The van der Waals surface area contributed by atoms with E-state index in [1.165, 1.54) is 6.07 Å². The highest BCUT2D eigenvalue weighted by atomic mass is 32.1. The minimum absolute atomic E-state index is 0.00171. The Balaban J connectivity index is 2.08. The molecule has 0 aliphatic heterocycles. The van der Waals surface area contributed by atoms with Crippen LogP contribution in [0.2, 0.25) is 0 Å². The molecule has 0 saturated heterocycles. The van der Waals surface area contributed by atoms with Gasteiger partial charge in [-0.3, -0.25) is 20.2 Å². The first-order chi connectivity index (χ1) is 12.1. The summed E-state index contributed by atoms with van der Waals surface area (Å²) in [6.45, 7) is 8.04. The molecule has 6 nitrogen and oxygen atoms in total. The number of carbonyl (C=O) groups excluding carboxylic acids is 1. The van der Waals surface area contributed by atoms with Crippen molar-refractivity contribution in [3.8, 4) is 0 Å². The van der Waals surface area contributed by atoms with Crippen molar-refractivity contribution in [3.63, 3.8) is 0 Å². The van der Waals surface area contributed by atoms with E-state index in [-0.39, 0.29) is 27.8 Å². The third-order valence-electron chi connectivity index (χ3n) is 3.84. The molecule has 0 aliphatic rings. The zero-order valence-corrected chi connectivity index (χ0v) is 15.9. The number of carbonyl (C=O) groups is 1. The van der Waals surface area contributed by atoms with Gasteiger partial charge in [0.05, 0.1) is 4.92 Å². The van der Waals surface area contributed by atoms with E-state index in [9.17, 15) is 14.9 Å². The Kier molecular flexibility index (Phi) is 5.72. The number of nitro groups is 1. The lowest BCUT2D eigenvalue weighted by Crippen LogP contribution is -2.34. The molecule has 0 radical (unpaired) electrons. The fourth-order valence-electron chi connectivity index (χ4n) is 2.35. The van der Waals surface area contributed by atoms with Crippen molar-refractivity contribution in [2.24, 2.45) is 0 Å². The van der Waals surface area contributed by atoms with Crippen LogP contribution >= 0.6 is 12.2 Å². The van der Waals surface area contributed by atoms with Gasteiger partial charge in [-0.1, -0.05) is 39.0 Å². The second kappa shape index (κ2) is 7.61. The molecule has 0 aliphatic carbocycles. The number of thiocarbonyl (C=S) groups is 1. The van der Waals surface area contributed by atoms with Crippen LogP contribution < -0.4 is 10.6 Å². The van der Waals surface area contributed by atoms with E-state index in [0.29, 0.717) is 5.56 Å². The number of nitro benzene ring substituents is 1. The van der Waals surface area contributed by atoms with Crippen LogP contribution in [0.5, 0.6) is 0 Å². The van der Waals surface area contributed by atoms with Gasteiger partial charge in [0.1, 0.15) is 5.69 Å². The summed E-state index contributed by atoms with van der Waals surface area (Å²) in [7, 11) is 0. The maximum atomic E-state index is 12.3. The summed E-state index contributed by atoms with van der Waals surface area (Å²) < 4.78 is 0. The summed E-state index contributed by atoms with van der Waals surface area (Å²) >= 11 is 5.11. The van der Waals surface area contributed by atoms with Gasteiger partial charge in [-0.05, 0) is 53.9 Å². The number of aryl methyl sites for hydroxylation is 1. The fraction of sp³-hybridized carbons (Fsp3) is 0.263. The van der Waals surface area contributed by atoms with Gasteiger partial charge < -0.3 is 5.32 Å². The maximum Gasteiger partial charge on any atom is 0.292 e. The molecule has 0 heterocycles. The highest BCUT2D eigenvalue weighted by Gasteiger charge is 2.17. The quantitative estimate of drug-likeness (QED) is 0.477. The standard InChI is InChI=1S/C19H21N3O3S/c1-12-5-10-15(16(11-12)22(24)25)20-18(26)21-17(23)13-6-8-14(9-7-13)19(2,3)4/h5-11H,1-4H3,(H2,20,21,23,26). The highest BCUT2D eigenvalue weighted by molar-refractivity contribution is 7.80. The van der Waals surface area contributed by atoms with Crippen LogP contribution in [0.25, 0.3) is 0 Å². The van der Waals surface area contributed by atoms with Crippen molar-refractivity contribution in [3.05, 3.63) is 69.3 Å². The molecule has 26 heavy (non-hydrogen) atoms. The molecule has 0 aromatic heterocycles. The Hall–Kier alpha value is -2.80. The number of anilines is 1. The normalized spacial score (nSPS) is 10.9. The molecule has 0 spiro atoms. The number of rotatable bonds is 3. The molecular formula is C19H21N3O3S. The third-order valence-corrected chi connectivity index (χ3v) is 4.04. The average Bonchev–Trinajstić information content (AvgIpc) is 2.55. The van der Waals surface area contributed by atoms with Gasteiger partial charge in [0, 0.05) is 11.6 Å². The van der Waals surface area contributed by atoms with Crippen molar-refractivity contribution >= 4 is 34.6 Å². The van der Waals surface area contributed by atoms with Gasteiger partial charge >= 0.3 is 0 Å². The van der Waals surface area contributed by atoms with Gasteiger partial charge in [-0.15, -0.1) is 0 Å². The highest BCUT2D eigenvalue weighted by Crippen LogP contribution is 2.25. The molecule has 0 unspecified atom stereocenters. The number of benzene rings is 2. The summed E-state index contributed by atoms with van der Waals surface area (Å²) in [5.41, 5.74) is 2.46. The van der Waals surface area contributed by atoms with Crippen LogP contribution in [0.4, 0.5) is 11.4 Å². The van der Waals surface area contributed by atoms with Gasteiger partial charge in [0.25, 0.3) is 11.6 Å². The lowest BCUT2D eigenvalue weighted by molar-refractivity contribution is -0.383. The van der Waals surface area contributed by atoms with Crippen molar-refractivity contribution < 1.29 is 9.72 Å². The zero-order valence-electron chi connectivity index (χ0n) is 15.1. The van der Waals surface area contributed by atoms with E-state index in [0.717, 1.165) is 11.1 Å². The molecule has 2 aromatic carbocycles. The molecule has 7 heteroatoms. The molecule has 1 amide bonds. The first-order valence-electron chi connectivity index (χ1n) is 8.06. The molecule has 0 atom stereocenters. The van der Waals surface area contributed by atoms with E-state index in [1.807, 2.05) is 12.1 Å². The number of hydrogen-bond acceptors (Lipinski definition) is 4. The molecular weight excluding hydrogens is 350 g/mol. The maximum absolute atomic E-state index is 12.3. The average molecular weight is 371 g/mol. The minimum Gasteiger partial charge on any atom is -0.327 e. The van der Waals surface area contributed by atoms with Crippen molar-refractivity contribution in [1.82, 2.24) is 5.32 Å². The Bertz CT molecular complexity index is 855. The van der Waals surface area contributed by atoms with Crippen LogP contribution in [0.1, 0.15) is 42.3 Å². The van der Waals surface area contributed by atoms with Crippen molar-refractivity contribution in [2.75, 3.05) is 5.32 Å². The number of nitrogens with zero attached hydrogens (tertiary/aromatic N) is 1. The Labute approximate surface area is 157 Å². The molecule has 0 bridgehead atoms. The molecule has 2 N–H and O–H groups in total. The van der Waals surface area contributed by atoms with Crippen molar-refractivity contribution in [1.29, 1.82) is 0 Å². The summed E-state index contributed by atoms with van der Waals surface area (Å²) in [5.74, 6) is -0.377. The van der Waals surface area contributed by atoms with Gasteiger partial charge in [-0.2, -0.15) is 0 Å². The molecule has 0 fully saturated rings. The van der Waals surface area contributed by atoms with Crippen LogP contribution in [0.3, 0.4) is 0 Å². The van der Waals surface area contributed by atoms with Crippen LogP contribution in [-0.4, -0.2) is 15.9 Å². The van der Waals surface area contributed by atoms with Gasteiger partial charge in [0.2, 0.25) is 0 Å². The lowest BCUT2D eigenvalue weighted by atomic mass is 9.87. The second-order valence-corrected chi connectivity index (χ2v) is 7.42. The lowest BCUT2D eigenvalue weighted by Gasteiger charge is -2.19. The van der Waals surface area contributed by atoms with Crippen LogP contribution in [-0.2, 0) is 5.41 Å². The SMILES string of the molecule is Cc1ccc(NC(=S)NC(=O)c2ccc(C(C)(C)C)cc2)c([N+](=O)[O-])c1. The summed E-state index contributed by atoms with van der Waals surface area (Å²) in [5, 5.41) is 16.4. The minimum atomic E-state index is -0.495. The molecule has 2 aromatic rings. The number of amides is 1. The van der Waals surface area contributed by atoms with E-state index < -0.39 is 4.92 Å². The zero-order chi connectivity index (χ0) is 19.5. The monoisotopic (exact) mass is 371 g/mol. The van der Waals surface area contributed by atoms with Crippen LogP contribution in [0, 0.1) is 17.0 Å². The van der Waals surface area contributed by atoms with E-state index in [1.54, 1.807) is 31.2 Å². The Morgan fingerprint density at radius 2 is 1.73 bits per heavy atom. The Morgan fingerprint density at radius 1 is 1.12 bits per heavy atom. The summed E-state index contributed by atoms with van der Waals surface area (Å²) in [6, 6.07) is 12.0. The predicted molar refractivity (Wildman–Crippen MR) is 107 cm³/mol. The smallest absolute Gasteiger partial charge is 0.292 e. The van der Waals surface area contributed by atoms with E-state index in [4.69, 9.17) is 12.2 Å². The summed E-state index contributed by atoms with van der Waals surface area (Å²) in [4.78, 5) is 23.0. The van der Waals surface area contributed by atoms with Gasteiger partial charge in [-0.25, -0.2) is 0 Å². The first-order valence-corrected chi connectivity index (χ1v) is 8.46. The van der Waals surface area contributed by atoms with Crippen LogP contribution in [0.15, 0.2) is 42.5 Å². The topological polar surface area (TPSA) is 84.3 Å². The third kappa shape index (κ3) is 4.86. The fourth-order valence-corrected chi connectivity index (χ4v) is 2.55. The second-order valence-electron chi connectivity index (χ2n) is 7.01. The molecule has 136 valence electrons. The van der Waals surface area contributed by atoms with Crippen molar-refractivity contribution in [2.45, 2.75) is 33.1 Å². The largest absolute Gasteiger partial charge is 0.327 e. The summed E-state index contributed by atoms with van der Waals surface area (Å²) in [6.07, 6.45) is 0.